The number of carbonyl (C=O) groups is 2. The molecule has 0 aliphatic rings. The summed E-state index contributed by atoms with van der Waals surface area (Å²) in [5.41, 5.74) is 1.17. The van der Waals surface area contributed by atoms with Gasteiger partial charge in [0, 0.05) is 35.9 Å². The zero-order chi connectivity index (χ0) is 14.4. The highest BCUT2D eigenvalue weighted by atomic mass is 16.4. The topological polar surface area (TPSA) is 92.2 Å². The number of carboxylic acid groups (broad SMARTS) is 1. The van der Waals surface area contributed by atoms with Crippen LogP contribution in [0.2, 0.25) is 0 Å². The van der Waals surface area contributed by atoms with Crippen LogP contribution >= 0.6 is 0 Å². The molecule has 20 heavy (non-hydrogen) atoms. The van der Waals surface area contributed by atoms with Gasteiger partial charge in [-0.05, 0) is 24.3 Å². The molecular weight excluding hydrogens is 258 g/mol. The van der Waals surface area contributed by atoms with Crippen molar-refractivity contribution in [2.24, 2.45) is 0 Å². The van der Waals surface area contributed by atoms with Gasteiger partial charge in [0.05, 0.1) is 0 Å². The highest BCUT2D eigenvalue weighted by molar-refractivity contribution is 6.05. The maximum atomic E-state index is 12.1. The largest absolute Gasteiger partial charge is 0.478 e. The molecule has 0 saturated carbocycles. The molecule has 6 heteroatoms. The fraction of sp³-hybridized carbons (Fsp3) is 0. The molecule has 2 rings (SSSR count). The van der Waals surface area contributed by atoms with Crippen molar-refractivity contribution in [3.8, 4) is 0 Å². The zero-order valence-corrected chi connectivity index (χ0v) is 10.4. The van der Waals surface area contributed by atoms with Gasteiger partial charge in [-0.15, -0.1) is 0 Å². The fourth-order valence-corrected chi connectivity index (χ4v) is 1.53. The fourth-order valence-electron chi connectivity index (χ4n) is 1.53. The summed E-state index contributed by atoms with van der Waals surface area (Å²) < 4.78 is 0. The first-order valence-corrected chi connectivity index (χ1v) is 5.74. The summed E-state index contributed by atoms with van der Waals surface area (Å²) in [5.74, 6) is -1.50. The van der Waals surface area contributed by atoms with Crippen LogP contribution in [0.5, 0.6) is 0 Å². The molecule has 0 spiro atoms. The minimum atomic E-state index is -1.09. The summed E-state index contributed by atoms with van der Waals surface area (Å²) in [6.45, 7) is 0. The van der Waals surface area contributed by atoms with Crippen molar-refractivity contribution in [3.63, 3.8) is 0 Å². The lowest BCUT2D eigenvalue weighted by molar-refractivity contribution is -0.131. The number of amides is 1. The molecule has 0 aromatic carbocycles. The quantitative estimate of drug-likeness (QED) is 0.826. The summed E-state index contributed by atoms with van der Waals surface area (Å²) in [7, 11) is 0. The molecule has 2 N–H and O–H groups in total. The summed E-state index contributed by atoms with van der Waals surface area (Å²) >= 11 is 0. The maximum Gasteiger partial charge on any atom is 0.328 e. The van der Waals surface area contributed by atoms with Crippen molar-refractivity contribution in [2.45, 2.75) is 0 Å². The average Bonchev–Trinajstić information content (AvgIpc) is 2.46. The molecule has 0 bridgehead atoms. The van der Waals surface area contributed by atoms with E-state index in [1.54, 1.807) is 36.7 Å². The van der Waals surface area contributed by atoms with E-state index in [1.807, 2.05) is 0 Å². The molecular formula is C14H11N3O3. The molecule has 100 valence electrons. The predicted octanol–water partition coefficient (Wildman–Crippen LogP) is 1.83. The lowest BCUT2D eigenvalue weighted by atomic mass is 10.1. The van der Waals surface area contributed by atoms with Crippen LogP contribution in [0.25, 0.3) is 6.08 Å². The highest BCUT2D eigenvalue weighted by Gasteiger charge is 2.11. The van der Waals surface area contributed by atoms with Crippen LogP contribution in [0.3, 0.4) is 0 Å². The van der Waals surface area contributed by atoms with Crippen LogP contribution in [0.15, 0.2) is 48.9 Å². The van der Waals surface area contributed by atoms with Gasteiger partial charge in [-0.3, -0.25) is 14.8 Å². The van der Waals surface area contributed by atoms with Gasteiger partial charge in [-0.2, -0.15) is 0 Å². The minimum absolute atomic E-state index is 0.154. The van der Waals surface area contributed by atoms with Crippen molar-refractivity contribution in [3.05, 3.63) is 60.2 Å². The van der Waals surface area contributed by atoms with Crippen LogP contribution in [0, 0.1) is 0 Å². The average molecular weight is 269 g/mol. The Bertz CT molecular complexity index is 654. The lowest BCUT2D eigenvalue weighted by Gasteiger charge is -2.06. The van der Waals surface area contributed by atoms with E-state index in [-0.39, 0.29) is 5.69 Å². The highest BCUT2D eigenvalue weighted by Crippen LogP contribution is 2.11. The number of nitrogens with one attached hydrogen (secondary N) is 1. The molecule has 0 aliphatic carbocycles. The molecule has 2 aromatic rings. The van der Waals surface area contributed by atoms with Gasteiger partial charge in [0.1, 0.15) is 5.69 Å². The Morgan fingerprint density at radius 2 is 1.90 bits per heavy atom. The standard InChI is InChI=1S/C14H11N3O3/c18-12(19)4-3-10-2-1-7-16-13(10)14(20)17-11-5-8-15-9-6-11/h1-9H,(H,18,19)(H,15,17,20)/b4-3+. The molecule has 0 radical (unpaired) electrons. The minimum Gasteiger partial charge on any atom is -0.478 e. The van der Waals surface area contributed by atoms with Crippen LogP contribution < -0.4 is 5.32 Å². The molecule has 0 atom stereocenters. The van der Waals surface area contributed by atoms with E-state index in [1.165, 1.54) is 12.3 Å². The number of carboxylic acids is 1. The van der Waals surface area contributed by atoms with Crippen molar-refractivity contribution >= 4 is 23.6 Å². The molecule has 2 aromatic heterocycles. The van der Waals surface area contributed by atoms with Crippen molar-refractivity contribution in [2.75, 3.05) is 5.32 Å². The van der Waals surface area contributed by atoms with E-state index in [2.05, 4.69) is 15.3 Å². The summed E-state index contributed by atoms with van der Waals surface area (Å²) in [6.07, 6.45) is 6.87. The third-order valence-electron chi connectivity index (χ3n) is 2.40. The van der Waals surface area contributed by atoms with Crippen LogP contribution in [-0.4, -0.2) is 27.0 Å². The SMILES string of the molecule is O=C(O)/C=C/c1cccnc1C(=O)Nc1ccncc1. The molecule has 0 fully saturated rings. The predicted molar refractivity (Wildman–Crippen MR) is 73.1 cm³/mol. The van der Waals surface area contributed by atoms with Crippen LogP contribution in [0.4, 0.5) is 5.69 Å². The Morgan fingerprint density at radius 3 is 2.60 bits per heavy atom. The number of carbonyl (C=O) groups excluding carboxylic acids is 1. The molecule has 6 nitrogen and oxygen atoms in total. The van der Waals surface area contributed by atoms with Gasteiger partial charge in [-0.25, -0.2) is 4.79 Å². The number of anilines is 1. The monoisotopic (exact) mass is 269 g/mol. The summed E-state index contributed by atoms with van der Waals surface area (Å²) in [6, 6.07) is 6.54. The number of hydrogen-bond donors (Lipinski definition) is 2. The lowest BCUT2D eigenvalue weighted by Crippen LogP contribution is -2.15. The van der Waals surface area contributed by atoms with Crippen molar-refractivity contribution in [1.82, 2.24) is 9.97 Å². The summed E-state index contributed by atoms with van der Waals surface area (Å²) in [4.78, 5) is 30.5. The number of pyridine rings is 2. The first-order chi connectivity index (χ1) is 9.66. The molecule has 0 saturated heterocycles. The Kier molecular flexibility index (Phi) is 4.18. The maximum absolute atomic E-state index is 12.1. The Morgan fingerprint density at radius 1 is 1.15 bits per heavy atom. The Balaban J connectivity index is 2.24. The second kappa shape index (κ2) is 6.24. The third-order valence-corrected chi connectivity index (χ3v) is 2.40. The molecule has 0 aliphatic heterocycles. The van der Waals surface area contributed by atoms with E-state index < -0.39 is 11.9 Å². The second-order valence-electron chi connectivity index (χ2n) is 3.80. The molecule has 1 amide bonds. The Labute approximate surface area is 114 Å². The normalized spacial score (nSPS) is 10.4. The van der Waals surface area contributed by atoms with Crippen molar-refractivity contribution in [1.29, 1.82) is 0 Å². The van der Waals surface area contributed by atoms with Gasteiger partial charge in [0.2, 0.25) is 0 Å². The van der Waals surface area contributed by atoms with E-state index >= 15 is 0 Å². The Hall–Kier alpha value is -3.02. The molecule has 2 heterocycles. The van der Waals surface area contributed by atoms with E-state index in [0.29, 0.717) is 11.3 Å². The third kappa shape index (κ3) is 3.49. The van der Waals surface area contributed by atoms with E-state index in [4.69, 9.17) is 5.11 Å². The number of rotatable bonds is 4. The van der Waals surface area contributed by atoms with Gasteiger partial charge in [-0.1, -0.05) is 6.07 Å². The van der Waals surface area contributed by atoms with E-state index in [9.17, 15) is 9.59 Å². The van der Waals surface area contributed by atoms with Gasteiger partial charge in [0.25, 0.3) is 5.91 Å². The van der Waals surface area contributed by atoms with Gasteiger partial charge < -0.3 is 10.4 Å². The van der Waals surface area contributed by atoms with Crippen LogP contribution in [-0.2, 0) is 4.79 Å². The number of hydrogen-bond acceptors (Lipinski definition) is 4. The van der Waals surface area contributed by atoms with Gasteiger partial charge in [0.15, 0.2) is 0 Å². The first-order valence-electron chi connectivity index (χ1n) is 5.74. The summed E-state index contributed by atoms with van der Waals surface area (Å²) in [5, 5.41) is 11.3. The number of aromatic nitrogens is 2. The number of nitrogens with zero attached hydrogens (tertiary/aromatic N) is 2. The molecule has 0 unspecified atom stereocenters. The van der Waals surface area contributed by atoms with Gasteiger partial charge >= 0.3 is 5.97 Å². The first kappa shape index (κ1) is 13.4. The van der Waals surface area contributed by atoms with Crippen molar-refractivity contribution < 1.29 is 14.7 Å². The zero-order valence-electron chi connectivity index (χ0n) is 10.4. The second-order valence-corrected chi connectivity index (χ2v) is 3.80. The van der Waals surface area contributed by atoms with Crippen LogP contribution in [0.1, 0.15) is 16.1 Å². The van der Waals surface area contributed by atoms with E-state index in [0.717, 1.165) is 6.08 Å². The number of aliphatic carboxylic acids is 1. The smallest absolute Gasteiger partial charge is 0.328 e.